The summed E-state index contributed by atoms with van der Waals surface area (Å²) in [5.41, 5.74) is 2.98. The molecule has 1 unspecified atom stereocenters. The number of benzene rings is 1. The molecule has 1 atom stereocenters. The highest BCUT2D eigenvalue weighted by Gasteiger charge is 2.34. The van der Waals surface area contributed by atoms with Gasteiger partial charge in [-0.15, -0.1) is 0 Å². The van der Waals surface area contributed by atoms with Gasteiger partial charge in [0.1, 0.15) is 12.4 Å². The monoisotopic (exact) mass is 507 g/mol. The Morgan fingerprint density at radius 2 is 1.95 bits per heavy atom. The van der Waals surface area contributed by atoms with Crippen LogP contribution in [0, 0.1) is 11.3 Å². The number of nitriles is 1. The lowest BCUT2D eigenvalue weighted by molar-refractivity contribution is 0.0767. The Hall–Kier alpha value is -3.42. The Morgan fingerprint density at radius 1 is 1.16 bits per heavy atom. The van der Waals surface area contributed by atoms with Gasteiger partial charge in [0.25, 0.3) is 0 Å². The fourth-order valence-electron chi connectivity index (χ4n) is 4.92. The minimum atomic E-state index is -0.393. The highest BCUT2D eigenvalue weighted by Crippen LogP contribution is 2.28. The molecule has 0 saturated carbocycles. The number of rotatable bonds is 5. The molecular weight excluding hydrogens is 470 g/mol. The number of likely N-dealkylation sites (tertiary alicyclic amines) is 1. The number of aromatic nitrogens is 2. The number of fused-ring (bicyclic) bond motifs is 1. The SMILES string of the molecule is CN1CCCC1.COc1nc2c(c(N3CCN(C(=O)OCc4ccccc4)C(CC#N)C3)n1)CCNC2. The zero-order valence-corrected chi connectivity index (χ0v) is 21.9. The molecule has 10 nitrogen and oxygen atoms in total. The fourth-order valence-corrected chi connectivity index (χ4v) is 4.92. The largest absolute Gasteiger partial charge is 0.467 e. The molecule has 2 fully saturated rings. The molecule has 4 heterocycles. The standard InChI is InChI=1S/C22H26N6O3.C5H11N/c1-30-21-25-19-13-24-10-8-18(19)20(26-21)27-11-12-28(17(14-27)7-9-23)22(29)31-15-16-5-3-2-4-6-16;1-6-4-2-3-5-6/h2-6,17,24H,7-8,10-15H2,1H3;2-5H2,1H3. The molecule has 37 heavy (non-hydrogen) atoms. The summed E-state index contributed by atoms with van der Waals surface area (Å²) in [7, 11) is 3.73. The van der Waals surface area contributed by atoms with Gasteiger partial charge in [-0.3, -0.25) is 0 Å². The van der Waals surface area contributed by atoms with Crippen molar-refractivity contribution in [1.82, 2.24) is 25.1 Å². The zero-order chi connectivity index (χ0) is 26.0. The minimum absolute atomic E-state index is 0.211. The van der Waals surface area contributed by atoms with Crippen LogP contribution in [0.5, 0.6) is 6.01 Å². The highest BCUT2D eigenvalue weighted by atomic mass is 16.6. The van der Waals surface area contributed by atoms with Crippen molar-refractivity contribution in [3.05, 3.63) is 47.2 Å². The van der Waals surface area contributed by atoms with Gasteiger partial charge in [-0.25, -0.2) is 4.79 Å². The summed E-state index contributed by atoms with van der Waals surface area (Å²) in [5, 5.41) is 12.7. The summed E-state index contributed by atoms with van der Waals surface area (Å²) in [6, 6.07) is 11.8. The second kappa shape index (κ2) is 13.2. The Balaban J connectivity index is 0.000000469. The van der Waals surface area contributed by atoms with Crippen LogP contribution in [0.1, 0.15) is 36.1 Å². The van der Waals surface area contributed by atoms with Gasteiger partial charge in [0.15, 0.2) is 0 Å². The van der Waals surface area contributed by atoms with E-state index in [9.17, 15) is 10.1 Å². The molecule has 3 aliphatic rings. The highest BCUT2D eigenvalue weighted by molar-refractivity contribution is 5.69. The van der Waals surface area contributed by atoms with Crippen LogP contribution in [0.25, 0.3) is 0 Å². The van der Waals surface area contributed by atoms with Crippen molar-refractivity contribution in [1.29, 1.82) is 5.26 Å². The molecule has 2 aromatic rings. The van der Waals surface area contributed by atoms with Crippen LogP contribution in [0.3, 0.4) is 0 Å². The number of nitrogens with zero attached hydrogens (tertiary/aromatic N) is 6. The number of nitrogens with one attached hydrogen (secondary N) is 1. The number of amides is 1. The van der Waals surface area contributed by atoms with Gasteiger partial charge in [0, 0.05) is 31.7 Å². The van der Waals surface area contributed by atoms with E-state index in [4.69, 9.17) is 9.47 Å². The molecule has 2 saturated heterocycles. The van der Waals surface area contributed by atoms with E-state index in [0.29, 0.717) is 32.2 Å². The van der Waals surface area contributed by atoms with Crippen molar-refractivity contribution in [2.45, 2.75) is 44.9 Å². The molecule has 5 rings (SSSR count). The summed E-state index contributed by atoms with van der Waals surface area (Å²) >= 11 is 0. The third kappa shape index (κ3) is 7.08. The van der Waals surface area contributed by atoms with E-state index in [1.54, 1.807) is 12.0 Å². The summed E-state index contributed by atoms with van der Waals surface area (Å²) in [6.45, 7) is 5.95. The van der Waals surface area contributed by atoms with Crippen molar-refractivity contribution in [2.75, 3.05) is 58.3 Å². The Labute approximate surface area is 219 Å². The van der Waals surface area contributed by atoms with Crippen molar-refractivity contribution in [2.24, 2.45) is 0 Å². The molecule has 1 N–H and O–H groups in total. The number of carbonyl (C=O) groups is 1. The van der Waals surface area contributed by atoms with Crippen LogP contribution in [-0.4, -0.2) is 85.3 Å². The molecule has 3 aliphatic heterocycles. The molecule has 0 spiro atoms. The smallest absolute Gasteiger partial charge is 0.410 e. The number of ether oxygens (including phenoxy) is 2. The molecule has 1 amide bonds. The van der Waals surface area contributed by atoms with Crippen molar-refractivity contribution >= 4 is 11.9 Å². The number of carbonyl (C=O) groups excluding carboxylic acids is 1. The summed E-state index contributed by atoms with van der Waals surface area (Å²) in [6.07, 6.45) is 3.49. The molecular formula is C27H37N7O3. The fraction of sp³-hybridized carbons (Fsp3) is 0.556. The maximum Gasteiger partial charge on any atom is 0.410 e. The maximum absolute atomic E-state index is 12.8. The molecule has 0 aliphatic carbocycles. The Kier molecular flexibility index (Phi) is 9.52. The number of anilines is 1. The molecule has 0 bridgehead atoms. The second-order valence-corrected chi connectivity index (χ2v) is 9.59. The van der Waals surface area contributed by atoms with Gasteiger partial charge >= 0.3 is 12.1 Å². The van der Waals surface area contributed by atoms with E-state index < -0.39 is 6.09 Å². The van der Waals surface area contributed by atoms with Gasteiger partial charge in [0.2, 0.25) is 0 Å². The molecule has 1 aromatic heterocycles. The van der Waals surface area contributed by atoms with Crippen LogP contribution in [0.4, 0.5) is 10.6 Å². The Morgan fingerprint density at radius 3 is 2.62 bits per heavy atom. The number of hydrogen-bond donors (Lipinski definition) is 1. The average Bonchev–Trinajstić information content (AvgIpc) is 3.43. The summed E-state index contributed by atoms with van der Waals surface area (Å²) in [4.78, 5) is 28.0. The van der Waals surface area contributed by atoms with Crippen LogP contribution in [0.15, 0.2) is 30.3 Å². The van der Waals surface area contributed by atoms with Gasteiger partial charge in [0.05, 0.1) is 31.3 Å². The van der Waals surface area contributed by atoms with E-state index in [2.05, 4.69) is 38.2 Å². The number of methoxy groups -OCH3 is 1. The Bertz CT molecular complexity index is 1070. The molecule has 198 valence electrons. The van der Waals surface area contributed by atoms with Crippen LogP contribution in [-0.2, 0) is 24.3 Å². The predicted octanol–water partition coefficient (Wildman–Crippen LogP) is 2.58. The van der Waals surface area contributed by atoms with Crippen molar-refractivity contribution < 1.29 is 14.3 Å². The van der Waals surface area contributed by atoms with Crippen molar-refractivity contribution in [3.63, 3.8) is 0 Å². The van der Waals surface area contributed by atoms with Crippen LogP contribution < -0.4 is 15.0 Å². The quantitative estimate of drug-likeness (QED) is 0.653. The lowest BCUT2D eigenvalue weighted by Gasteiger charge is -2.41. The van der Waals surface area contributed by atoms with Crippen LogP contribution in [0.2, 0.25) is 0 Å². The van der Waals surface area contributed by atoms with Gasteiger partial charge < -0.3 is 29.5 Å². The van der Waals surface area contributed by atoms with E-state index in [-0.39, 0.29) is 19.1 Å². The number of piperazine rings is 1. The lowest BCUT2D eigenvalue weighted by Crippen LogP contribution is -2.55. The molecule has 0 radical (unpaired) electrons. The first kappa shape index (κ1) is 26.6. The topological polar surface area (TPSA) is 107 Å². The summed E-state index contributed by atoms with van der Waals surface area (Å²) in [5.74, 6) is 0.837. The first-order valence-corrected chi connectivity index (χ1v) is 13.0. The normalized spacial score (nSPS) is 19.3. The number of hydrogen-bond acceptors (Lipinski definition) is 9. The first-order chi connectivity index (χ1) is 18.1. The lowest BCUT2D eigenvalue weighted by atomic mass is 10.0. The van der Waals surface area contributed by atoms with Crippen LogP contribution >= 0.6 is 0 Å². The van der Waals surface area contributed by atoms with E-state index in [1.165, 1.54) is 25.9 Å². The van der Waals surface area contributed by atoms with Gasteiger partial charge in [-0.1, -0.05) is 30.3 Å². The predicted molar refractivity (Wildman–Crippen MR) is 140 cm³/mol. The molecule has 10 heteroatoms. The first-order valence-electron chi connectivity index (χ1n) is 13.0. The van der Waals surface area contributed by atoms with E-state index >= 15 is 0 Å². The summed E-state index contributed by atoms with van der Waals surface area (Å²) < 4.78 is 10.8. The van der Waals surface area contributed by atoms with E-state index in [0.717, 1.165) is 35.6 Å². The second-order valence-electron chi connectivity index (χ2n) is 9.59. The minimum Gasteiger partial charge on any atom is -0.467 e. The van der Waals surface area contributed by atoms with Gasteiger partial charge in [-0.2, -0.15) is 15.2 Å². The zero-order valence-electron chi connectivity index (χ0n) is 21.9. The van der Waals surface area contributed by atoms with Crippen molar-refractivity contribution in [3.8, 4) is 12.1 Å². The third-order valence-corrected chi connectivity index (χ3v) is 6.96. The average molecular weight is 508 g/mol. The molecule has 1 aromatic carbocycles. The third-order valence-electron chi connectivity index (χ3n) is 6.96. The van der Waals surface area contributed by atoms with Gasteiger partial charge in [-0.05, 0) is 51.5 Å². The maximum atomic E-state index is 12.8. The van der Waals surface area contributed by atoms with E-state index in [1.807, 2.05) is 30.3 Å².